The van der Waals surface area contributed by atoms with Crippen molar-refractivity contribution in [1.29, 1.82) is 0 Å². The van der Waals surface area contributed by atoms with Gasteiger partial charge in [-0.15, -0.1) is 0 Å². The van der Waals surface area contributed by atoms with Crippen LogP contribution in [-0.2, 0) is 11.3 Å². The molecule has 0 unspecified atom stereocenters. The van der Waals surface area contributed by atoms with Gasteiger partial charge in [0.25, 0.3) is 11.5 Å². The van der Waals surface area contributed by atoms with Gasteiger partial charge in [0.1, 0.15) is 10.9 Å². The maximum atomic E-state index is 13.4. The van der Waals surface area contributed by atoms with Crippen LogP contribution < -0.4 is 17.0 Å². The molecular weight excluding hydrogens is 436 g/mol. The van der Waals surface area contributed by atoms with E-state index in [0.29, 0.717) is 42.5 Å². The SMILES string of the molecule is CCCCn1c(=O)n(C2CCC(C[C@@]3(C)C(=O)N(C)C(=O)N3C)CC2)c(=O)c2c(N)ccnc21. The second kappa shape index (κ2) is 8.88. The van der Waals surface area contributed by atoms with Gasteiger partial charge in [0.15, 0.2) is 5.65 Å². The third kappa shape index (κ3) is 3.69. The Hall–Kier alpha value is -3.17. The molecule has 2 aromatic heterocycles. The zero-order valence-corrected chi connectivity index (χ0v) is 20.4. The number of nitrogen functional groups attached to an aromatic ring is 1. The molecule has 2 aliphatic rings. The maximum Gasteiger partial charge on any atom is 0.332 e. The van der Waals surface area contributed by atoms with E-state index in [9.17, 15) is 19.2 Å². The maximum absolute atomic E-state index is 13.4. The normalized spacial score (nSPS) is 25.5. The quantitative estimate of drug-likeness (QED) is 0.647. The molecule has 1 aliphatic carbocycles. The molecule has 10 heteroatoms. The summed E-state index contributed by atoms with van der Waals surface area (Å²) in [6, 6.07) is 1.07. The summed E-state index contributed by atoms with van der Waals surface area (Å²) in [7, 11) is 3.18. The van der Waals surface area contributed by atoms with E-state index < -0.39 is 5.54 Å². The minimum atomic E-state index is -0.865. The van der Waals surface area contributed by atoms with Gasteiger partial charge in [-0.25, -0.2) is 14.6 Å². The van der Waals surface area contributed by atoms with Crippen LogP contribution in [0.3, 0.4) is 0 Å². The van der Waals surface area contributed by atoms with Crippen LogP contribution in [0.25, 0.3) is 11.0 Å². The number of amides is 3. The first-order valence-corrected chi connectivity index (χ1v) is 12.1. The van der Waals surface area contributed by atoms with Gasteiger partial charge in [-0.3, -0.25) is 23.6 Å². The monoisotopic (exact) mass is 470 g/mol. The van der Waals surface area contributed by atoms with Crippen molar-refractivity contribution in [2.45, 2.75) is 76.9 Å². The molecule has 1 saturated carbocycles. The fourth-order valence-corrected chi connectivity index (χ4v) is 5.58. The van der Waals surface area contributed by atoms with Gasteiger partial charge in [0.2, 0.25) is 0 Å². The van der Waals surface area contributed by atoms with E-state index in [1.807, 2.05) is 13.8 Å². The molecule has 2 aromatic rings. The molecule has 2 fully saturated rings. The lowest BCUT2D eigenvalue weighted by Crippen LogP contribution is -2.47. The average Bonchev–Trinajstić information content (AvgIpc) is 2.95. The number of pyridine rings is 1. The van der Waals surface area contributed by atoms with Gasteiger partial charge in [-0.1, -0.05) is 13.3 Å². The molecule has 3 heterocycles. The standard InChI is InChI=1S/C24H34N6O4/c1-5-6-13-29-19-18(17(25)11-12-26-19)20(31)30(23(29)34)16-9-7-15(8-10-16)14-24(2)21(32)27(3)22(33)28(24)4/h11-12,15-16H,5-10,13-14H2,1-4H3,(H2,25,26)/t15?,16?,24-/m0/s1. The minimum absolute atomic E-state index is 0.186. The van der Waals surface area contributed by atoms with Crippen molar-refractivity contribution in [3.05, 3.63) is 33.1 Å². The average molecular weight is 471 g/mol. The zero-order chi connectivity index (χ0) is 24.8. The van der Waals surface area contributed by atoms with Crippen LogP contribution >= 0.6 is 0 Å². The molecule has 2 N–H and O–H groups in total. The Kier molecular flexibility index (Phi) is 6.26. The number of hydrogen-bond acceptors (Lipinski definition) is 6. The summed E-state index contributed by atoms with van der Waals surface area (Å²) < 4.78 is 2.95. The van der Waals surface area contributed by atoms with Crippen molar-refractivity contribution in [2.75, 3.05) is 19.8 Å². The summed E-state index contributed by atoms with van der Waals surface area (Å²) in [6.45, 7) is 4.34. The van der Waals surface area contributed by atoms with E-state index in [2.05, 4.69) is 4.98 Å². The zero-order valence-electron chi connectivity index (χ0n) is 20.4. The summed E-state index contributed by atoms with van der Waals surface area (Å²) in [5.74, 6) is 0.0341. The highest BCUT2D eigenvalue weighted by molar-refractivity contribution is 6.06. The van der Waals surface area contributed by atoms with Crippen LogP contribution in [0, 0.1) is 5.92 Å². The van der Waals surface area contributed by atoms with E-state index in [1.54, 1.807) is 17.7 Å². The number of imide groups is 1. The molecule has 4 rings (SSSR count). The van der Waals surface area contributed by atoms with Gasteiger partial charge < -0.3 is 10.6 Å². The number of unbranched alkanes of at least 4 members (excludes halogenated alkanes) is 1. The number of carbonyl (C=O) groups is 2. The van der Waals surface area contributed by atoms with E-state index in [1.165, 1.54) is 27.6 Å². The number of rotatable bonds is 6. The van der Waals surface area contributed by atoms with Crippen LogP contribution in [0.15, 0.2) is 21.9 Å². The Balaban J connectivity index is 1.61. The highest BCUT2D eigenvalue weighted by atomic mass is 16.2. The molecular formula is C24H34N6O4. The van der Waals surface area contributed by atoms with Crippen molar-refractivity contribution >= 4 is 28.7 Å². The molecule has 0 aromatic carbocycles. The molecule has 1 saturated heterocycles. The third-order valence-electron chi connectivity index (χ3n) is 7.77. The van der Waals surface area contributed by atoms with Crippen molar-refractivity contribution in [2.24, 2.45) is 5.92 Å². The Morgan fingerprint density at radius 1 is 1.12 bits per heavy atom. The molecule has 10 nitrogen and oxygen atoms in total. The van der Waals surface area contributed by atoms with Gasteiger partial charge >= 0.3 is 11.7 Å². The summed E-state index contributed by atoms with van der Waals surface area (Å²) >= 11 is 0. The van der Waals surface area contributed by atoms with E-state index >= 15 is 0 Å². The first kappa shape index (κ1) is 24.0. The molecule has 0 bridgehead atoms. The predicted molar refractivity (Wildman–Crippen MR) is 130 cm³/mol. The fraction of sp³-hybridized carbons (Fsp3) is 0.625. The van der Waals surface area contributed by atoms with Crippen molar-refractivity contribution in [3.8, 4) is 0 Å². The van der Waals surface area contributed by atoms with Gasteiger partial charge in [-0.05, 0) is 57.4 Å². The smallest absolute Gasteiger partial charge is 0.332 e. The second-order valence-electron chi connectivity index (χ2n) is 9.92. The third-order valence-corrected chi connectivity index (χ3v) is 7.77. The number of nitrogens with two attached hydrogens (primary N) is 1. The second-order valence-corrected chi connectivity index (χ2v) is 9.92. The number of aromatic nitrogens is 3. The molecule has 1 atom stereocenters. The molecule has 34 heavy (non-hydrogen) atoms. The van der Waals surface area contributed by atoms with Crippen LogP contribution in [0.4, 0.5) is 10.5 Å². The van der Waals surface area contributed by atoms with Crippen molar-refractivity contribution < 1.29 is 9.59 Å². The van der Waals surface area contributed by atoms with E-state index in [-0.39, 0.29) is 35.1 Å². The lowest BCUT2D eigenvalue weighted by atomic mass is 9.78. The lowest BCUT2D eigenvalue weighted by Gasteiger charge is -2.36. The Morgan fingerprint density at radius 2 is 1.79 bits per heavy atom. The first-order chi connectivity index (χ1) is 16.1. The van der Waals surface area contributed by atoms with Gasteiger partial charge in [0, 0.05) is 38.6 Å². The van der Waals surface area contributed by atoms with E-state index in [0.717, 1.165) is 25.7 Å². The number of anilines is 1. The van der Waals surface area contributed by atoms with Crippen LogP contribution in [0.2, 0.25) is 0 Å². The number of aryl methyl sites for hydroxylation is 1. The number of likely N-dealkylation sites (N-methyl/N-ethyl adjacent to an activating group) is 2. The summed E-state index contributed by atoms with van der Waals surface area (Å²) in [4.78, 5) is 58.9. The Labute approximate surface area is 198 Å². The minimum Gasteiger partial charge on any atom is -0.398 e. The summed E-state index contributed by atoms with van der Waals surface area (Å²) in [5.41, 5.74) is 5.23. The summed E-state index contributed by atoms with van der Waals surface area (Å²) in [6.07, 6.45) is 6.62. The lowest BCUT2D eigenvalue weighted by molar-refractivity contribution is -0.132. The number of hydrogen-bond donors (Lipinski definition) is 1. The van der Waals surface area contributed by atoms with Crippen LogP contribution in [-0.4, -0.2) is 55.5 Å². The molecule has 0 radical (unpaired) electrons. The summed E-state index contributed by atoms with van der Waals surface area (Å²) in [5, 5.41) is 0.299. The highest BCUT2D eigenvalue weighted by Crippen LogP contribution is 2.39. The van der Waals surface area contributed by atoms with Crippen LogP contribution in [0.1, 0.15) is 64.8 Å². The number of carbonyl (C=O) groups excluding carboxylic acids is 2. The fourth-order valence-electron chi connectivity index (χ4n) is 5.58. The largest absolute Gasteiger partial charge is 0.398 e. The number of nitrogens with zero attached hydrogens (tertiary/aromatic N) is 5. The molecule has 184 valence electrons. The molecule has 1 aliphatic heterocycles. The van der Waals surface area contributed by atoms with E-state index in [4.69, 9.17) is 5.73 Å². The molecule has 0 spiro atoms. The highest BCUT2D eigenvalue weighted by Gasteiger charge is 2.51. The Morgan fingerprint density at radius 3 is 2.38 bits per heavy atom. The predicted octanol–water partition coefficient (Wildman–Crippen LogP) is 2.34. The number of fused-ring (bicyclic) bond motifs is 1. The topological polar surface area (TPSA) is 124 Å². The van der Waals surface area contributed by atoms with Crippen molar-refractivity contribution in [3.63, 3.8) is 0 Å². The molecule has 3 amide bonds. The number of urea groups is 1. The first-order valence-electron chi connectivity index (χ1n) is 12.1. The Bertz CT molecular complexity index is 1240. The van der Waals surface area contributed by atoms with Gasteiger partial charge in [0.05, 0.1) is 0 Å². The van der Waals surface area contributed by atoms with Crippen LogP contribution in [0.5, 0.6) is 0 Å². The van der Waals surface area contributed by atoms with Crippen molar-refractivity contribution in [1.82, 2.24) is 23.9 Å². The van der Waals surface area contributed by atoms with Gasteiger partial charge in [-0.2, -0.15) is 0 Å².